The molecule has 3 aromatic rings. The van der Waals surface area contributed by atoms with Crippen LogP contribution in [0.2, 0.25) is 0 Å². The van der Waals surface area contributed by atoms with Crippen molar-refractivity contribution in [3.63, 3.8) is 0 Å². The van der Waals surface area contributed by atoms with Crippen LogP contribution >= 0.6 is 0 Å². The highest BCUT2D eigenvalue weighted by Gasteiger charge is 2.23. The number of rotatable bonds is 13. The lowest BCUT2D eigenvalue weighted by Crippen LogP contribution is -1.89. The number of aromatic amines is 2. The fourth-order valence-corrected chi connectivity index (χ4v) is 7.89. The largest absolute Gasteiger partial charge is 0.355 e. The Morgan fingerprint density at radius 3 is 1.20 bits per heavy atom. The highest BCUT2D eigenvalue weighted by molar-refractivity contribution is 5.96. The van der Waals surface area contributed by atoms with E-state index in [1.165, 1.54) is 98.7 Å². The summed E-state index contributed by atoms with van der Waals surface area (Å²) in [6, 6.07) is 9.38. The second-order valence-electron chi connectivity index (χ2n) is 12.7. The summed E-state index contributed by atoms with van der Waals surface area (Å²) in [4.78, 5) is 18.6. The second-order valence-corrected chi connectivity index (χ2v) is 12.7. The maximum Gasteiger partial charge on any atom is 0.0694 e. The minimum atomic E-state index is 0.970. The smallest absolute Gasteiger partial charge is 0.0694 e. The fraction of sp³-hybridized carbons (Fsp3) is 0.512. The standard InChI is InChI=1S/C41H56N4/c1-9-17-18-19-20-21-33-32(16-8)40-24-38-29(13-5)28(12-4)36(43-38)22-34-26(10-2)27(11-3)35(42-34)23-37-30(14-6)31(15-7)39(44-37)25-41(33)45-40/h22-25,42-43H,9-21H2,1-8H3. The van der Waals surface area contributed by atoms with E-state index in [1.807, 2.05) is 0 Å². The van der Waals surface area contributed by atoms with Gasteiger partial charge in [-0.05, 0) is 127 Å². The maximum absolute atomic E-state index is 5.42. The van der Waals surface area contributed by atoms with Gasteiger partial charge in [-0.3, -0.25) is 0 Å². The number of allylic oxidation sites excluding steroid dienone is 4. The Morgan fingerprint density at radius 1 is 0.400 bits per heavy atom. The molecule has 2 N–H and O–H groups in total. The van der Waals surface area contributed by atoms with E-state index in [1.54, 1.807) is 0 Å². The van der Waals surface area contributed by atoms with E-state index < -0.39 is 0 Å². The van der Waals surface area contributed by atoms with Gasteiger partial charge in [0.25, 0.3) is 0 Å². The van der Waals surface area contributed by atoms with Crippen molar-refractivity contribution in [2.24, 2.45) is 0 Å². The molecule has 0 saturated carbocycles. The van der Waals surface area contributed by atoms with Gasteiger partial charge in [0.1, 0.15) is 0 Å². The van der Waals surface area contributed by atoms with Gasteiger partial charge in [-0.15, -0.1) is 0 Å². The van der Waals surface area contributed by atoms with Crippen molar-refractivity contribution in [2.45, 2.75) is 139 Å². The third-order valence-corrected chi connectivity index (χ3v) is 10.1. The van der Waals surface area contributed by atoms with Crippen molar-refractivity contribution in [3.05, 3.63) is 69.3 Å². The summed E-state index contributed by atoms with van der Waals surface area (Å²) in [7, 11) is 0. The molecule has 4 nitrogen and oxygen atoms in total. The molecule has 4 heteroatoms. The summed E-state index contributed by atoms with van der Waals surface area (Å²) in [6.07, 6.45) is 14.4. The normalized spacial score (nSPS) is 13.4. The Labute approximate surface area is 271 Å². The van der Waals surface area contributed by atoms with Crippen LogP contribution in [0.25, 0.3) is 44.4 Å². The summed E-state index contributed by atoms with van der Waals surface area (Å²) in [5, 5.41) is 0. The molecular weight excluding hydrogens is 548 g/mol. The van der Waals surface area contributed by atoms with E-state index in [0.29, 0.717) is 0 Å². The molecule has 0 aromatic carbocycles. The van der Waals surface area contributed by atoms with Crippen LogP contribution in [0, 0.1) is 0 Å². The Morgan fingerprint density at radius 2 is 0.778 bits per heavy atom. The molecule has 0 radical (unpaired) electrons. The molecule has 8 bridgehead atoms. The number of nitrogens with one attached hydrogen (secondary N) is 2. The predicted octanol–water partition coefficient (Wildman–Crippen LogP) is 12.0. The molecule has 45 heavy (non-hydrogen) atoms. The number of aryl methyl sites for hydroxylation is 4. The third-order valence-electron chi connectivity index (χ3n) is 10.1. The number of unbranched alkanes of at least 4 members (excludes halogenated alkanes) is 4. The number of fused-ring (bicyclic) bond motifs is 8. The number of aromatic nitrogens is 4. The highest BCUT2D eigenvalue weighted by atomic mass is 14.8. The van der Waals surface area contributed by atoms with Gasteiger partial charge in [-0.25, -0.2) is 9.97 Å². The highest BCUT2D eigenvalue weighted by Crippen LogP contribution is 2.40. The first-order valence-electron chi connectivity index (χ1n) is 18.2. The summed E-state index contributed by atoms with van der Waals surface area (Å²) in [5.41, 5.74) is 20.6. The minimum Gasteiger partial charge on any atom is -0.355 e. The van der Waals surface area contributed by atoms with Crippen molar-refractivity contribution in [3.8, 4) is 0 Å². The quantitative estimate of drug-likeness (QED) is 0.191. The zero-order valence-corrected chi connectivity index (χ0v) is 29.4. The average molecular weight is 605 g/mol. The van der Waals surface area contributed by atoms with Crippen molar-refractivity contribution in [1.82, 2.24) is 19.9 Å². The van der Waals surface area contributed by atoms with Gasteiger partial charge in [0, 0.05) is 22.1 Å². The lowest BCUT2D eigenvalue weighted by atomic mass is 9.95. The third kappa shape index (κ3) is 6.35. The van der Waals surface area contributed by atoms with Gasteiger partial charge in [-0.1, -0.05) is 81.1 Å². The van der Waals surface area contributed by atoms with Crippen LogP contribution in [0.1, 0.15) is 158 Å². The number of hydrogen-bond acceptors (Lipinski definition) is 2. The van der Waals surface area contributed by atoms with Gasteiger partial charge in [0.2, 0.25) is 0 Å². The molecule has 0 atom stereocenters. The predicted molar refractivity (Wildman–Crippen MR) is 196 cm³/mol. The first-order valence-corrected chi connectivity index (χ1v) is 18.2. The summed E-state index contributed by atoms with van der Waals surface area (Å²) >= 11 is 0. The molecule has 240 valence electrons. The van der Waals surface area contributed by atoms with Crippen molar-refractivity contribution < 1.29 is 0 Å². The number of hydrogen-bond donors (Lipinski definition) is 2. The van der Waals surface area contributed by atoms with E-state index in [-0.39, 0.29) is 0 Å². The van der Waals surface area contributed by atoms with Gasteiger partial charge < -0.3 is 9.97 Å². The van der Waals surface area contributed by atoms with Crippen molar-refractivity contribution in [1.29, 1.82) is 0 Å². The molecule has 0 unspecified atom stereocenters. The summed E-state index contributed by atoms with van der Waals surface area (Å²) in [6.45, 7) is 18.3. The summed E-state index contributed by atoms with van der Waals surface area (Å²) < 4.78 is 0. The van der Waals surface area contributed by atoms with Crippen LogP contribution in [0.5, 0.6) is 0 Å². The molecule has 0 amide bonds. The van der Waals surface area contributed by atoms with E-state index in [4.69, 9.17) is 9.97 Å². The molecule has 0 fully saturated rings. The molecule has 2 aliphatic rings. The van der Waals surface area contributed by atoms with Crippen molar-refractivity contribution in [2.75, 3.05) is 0 Å². The minimum absolute atomic E-state index is 0.970. The number of H-pyrrole nitrogens is 2. The van der Waals surface area contributed by atoms with E-state index in [0.717, 1.165) is 74.1 Å². The second kappa shape index (κ2) is 14.8. The first-order chi connectivity index (χ1) is 22.0. The van der Waals surface area contributed by atoms with Crippen LogP contribution < -0.4 is 0 Å². The van der Waals surface area contributed by atoms with E-state index >= 15 is 0 Å². The van der Waals surface area contributed by atoms with Crippen LogP contribution in [0.3, 0.4) is 0 Å². The topological polar surface area (TPSA) is 57.4 Å². The molecule has 3 aromatic heterocycles. The zero-order valence-electron chi connectivity index (χ0n) is 29.4. The van der Waals surface area contributed by atoms with Gasteiger partial charge in [0.05, 0.1) is 22.8 Å². The maximum atomic E-state index is 5.42. The van der Waals surface area contributed by atoms with Crippen molar-refractivity contribution >= 4 is 44.4 Å². The average Bonchev–Trinajstić information content (AvgIpc) is 3.76. The van der Waals surface area contributed by atoms with Gasteiger partial charge >= 0.3 is 0 Å². The first kappa shape index (κ1) is 33.0. The van der Waals surface area contributed by atoms with Crippen LogP contribution in [0.4, 0.5) is 0 Å². The Bertz CT molecular complexity index is 1760. The molecule has 5 heterocycles. The zero-order chi connectivity index (χ0) is 32.1. The van der Waals surface area contributed by atoms with Gasteiger partial charge in [-0.2, -0.15) is 0 Å². The SMILES string of the molecule is CCCCCCCC1=C(CC)c2cc3[nH]c(cc4[nH]c(cc5nc(cc1n2)C(CC)=C5CC)c(CC)c4CC)c(CC)c3CC. The molecule has 2 aliphatic heterocycles. The molecule has 5 rings (SSSR count). The molecule has 0 spiro atoms. The lowest BCUT2D eigenvalue weighted by Gasteiger charge is -2.07. The monoisotopic (exact) mass is 604 g/mol. The summed E-state index contributed by atoms with van der Waals surface area (Å²) in [5.74, 6) is 0. The van der Waals surface area contributed by atoms with Crippen LogP contribution in [-0.2, 0) is 25.7 Å². The lowest BCUT2D eigenvalue weighted by molar-refractivity contribution is 0.640. The molecule has 0 aliphatic carbocycles. The van der Waals surface area contributed by atoms with Gasteiger partial charge in [0.15, 0.2) is 0 Å². The van der Waals surface area contributed by atoms with E-state index in [2.05, 4.69) is 89.6 Å². The number of nitrogens with zero attached hydrogens (tertiary/aromatic N) is 2. The molecular formula is C41H56N4. The Balaban J connectivity index is 1.90. The van der Waals surface area contributed by atoms with E-state index in [9.17, 15) is 0 Å². The van der Waals surface area contributed by atoms with Crippen LogP contribution in [0.15, 0.2) is 24.3 Å². The molecule has 0 saturated heterocycles. The Hall–Kier alpha value is -3.40. The Kier molecular flexibility index (Phi) is 10.8. The van der Waals surface area contributed by atoms with Crippen LogP contribution in [-0.4, -0.2) is 19.9 Å². The fourth-order valence-electron chi connectivity index (χ4n) is 7.89.